The third-order valence-corrected chi connectivity index (χ3v) is 6.87. The largest absolute Gasteiger partial charge is 0.588 e. The molecule has 0 aliphatic carbocycles. The van der Waals surface area contributed by atoms with Gasteiger partial charge >= 0.3 is 5.97 Å². The second-order valence-electron chi connectivity index (χ2n) is 7.88. The van der Waals surface area contributed by atoms with Gasteiger partial charge in [-0.15, -0.1) is 0 Å². The number of nitrogens with one attached hydrogen (secondary N) is 3. The van der Waals surface area contributed by atoms with Crippen LogP contribution in [0.15, 0.2) is 65.8 Å². The van der Waals surface area contributed by atoms with Gasteiger partial charge in [0.1, 0.15) is 16.9 Å². The van der Waals surface area contributed by atoms with Crippen LogP contribution in [-0.4, -0.2) is 38.7 Å². The summed E-state index contributed by atoms with van der Waals surface area (Å²) < 4.78 is 16.5. The lowest BCUT2D eigenvalue weighted by Crippen LogP contribution is -2.24. The number of carbonyl (C=O) groups is 1. The summed E-state index contributed by atoms with van der Waals surface area (Å²) in [7, 11) is 0. The van der Waals surface area contributed by atoms with Gasteiger partial charge in [-0.25, -0.2) is 14.5 Å². The van der Waals surface area contributed by atoms with E-state index in [9.17, 15) is 14.5 Å². The highest BCUT2D eigenvalue weighted by Gasteiger charge is 2.22. The fourth-order valence-corrected chi connectivity index (χ4v) is 5.11. The predicted molar refractivity (Wildman–Crippen MR) is 137 cm³/mol. The number of aromatic carboxylic acids is 1. The lowest BCUT2D eigenvalue weighted by atomic mass is 10.1. The minimum atomic E-state index is -1.57. The summed E-state index contributed by atoms with van der Waals surface area (Å²) in [5, 5.41) is 16.7. The number of carboxylic acid groups (broad SMARTS) is 1. The van der Waals surface area contributed by atoms with Crippen LogP contribution in [0.2, 0.25) is 0 Å². The van der Waals surface area contributed by atoms with Crippen molar-refractivity contribution < 1.29 is 14.5 Å². The molecule has 0 fully saturated rings. The van der Waals surface area contributed by atoms with Crippen LogP contribution in [0.1, 0.15) is 27.2 Å². The molecule has 5 rings (SSSR count). The zero-order valence-electron chi connectivity index (χ0n) is 18.8. The Morgan fingerprint density at radius 2 is 1.80 bits per heavy atom. The van der Waals surface area contributed by atoms with Crippen molar-refractivity contribution in [3.8, 4) is 11.8 Å². The summed E-state index contributed by atoms with van der Waals surface area (Å²) in [4.78, 5) is 20.7. The molecule has 2 aromatic heterocycles. The molecule has 1 aliphatic heterocycles. The third kappa shape index (κ3) is 4.45. The van der Waals surface area contributed by atoms with Crippen LogP contribution in [0.3, 0.4) is 0 Å². The van der Waals surface area contributed by atoms with Gasteiger partial charge in [0, 0.05) is 36.4 Å². The number of hydrogen-bond acceptors (Lipinski definition) is 7. The number of anilines is 3. The molecule has 0 saturated carbocycles. The van der Waals surface area contributed by atoms with E-state index in [2.05, 4.69) is 37.2 Å². The molecular weight excluding hydrogens is 462 g/mol. The quantitative estimate of drug-likeness (QED) is 0.254. The first-order valence-electron chi connectivity index (χ1n) is 10.9. The molecule has 174 valence electrons. The van der Waals surface area contributed by atoms with Gasteiger partial charge < -0.3 is 20.3 Å². The first-order valence-corrected chi connectivity index (χ1v) is 12.1. The molecule has 0 amide bonds. The number of aromatic nitrogens is 2. The molecule has 1 aliphatic rings. The Bertz CT molecular complexity index is 1510. The van der Waals surface area contributed by atoms with Gasteiger partial charge in [-0.1, -0.05) is 42.2 Å². The first-order chi connectivity index (χ1) is 17.0. The van der Waals surface area contributed by atoms with Crippen LogP contribution in [-0.2, 0) is 11.4 Å². The smallest absolute Gasteiger partial charge is 0.356 e. The van der Waals surface area contributed by atoms with Crippen molar-refractivity contribution in [3.05, 3.63) is 83.3 Å². The van der Waals surface area contributed by atoms with Crippen molar-refractivity contribution in [1.29, 1.82) is 0 Å². The maximum absolute atomic E-state index is 13.4. The third-order valence-electron chi connectivity index (χ3n) is 5.58. The normalized spacial score (nSPS) is 13.0. The number of nitrogens with zero attached hydrogens (tertiary/aromatic N) is 2. The van der Waals surface area contributed by atoms with Crippen LogP contribution >= 0.6 is 0 Å². The highest BCUT2D eigenvalue weighted by molar-refractivity contribution is 7.93. The number of aryl methyl sites for hydroxylation is 1. The molecule has 4 N–H and O–H groups in total. The topological polar surface area (TPSA) is 122 Å². The number of carboxylic acids is 1. The summed E-state index contributed by atoms with van der Waals surface area (Å²) >= 11 is -1.57. The van der Waals surface area contributed by atoms with Gasteiger partial charge in [-0.3, -0.25) is 4.98 Å². The lowest BCUT2D eigenvalue weighted by Gasteiger charge is -2.22. The summed E-state index contributed by atoms with van der Waals surface area (Å²) in [5.74, 6) is 5.11. The van der Waals surface area contributed by atoms with E-state index in [0.29, 0.717) is 51.7 Å². The van der Waals surface area contributed by atoms with E-state index >= 15 is 0 Å². The van der Waals surface area contributed by atoms with Gasteiger partial charge in [0.2, 0.25) is 4.90 Å². The lowest BCUT2D eigenvalue weighted by molar-refractivity contribution is 0.0691. The Hall–Kier alpha value is -4.26. The van der Waals surface area contributed by atoms with Crippen LogP contribution in [0.4, 0.5) is 17.1 Å². The van der Waals surface area contributed by atoms with Crippen molar-refractivity contribution in [3.63, 3.8) is 0 Å². The average molecular weight is 484 g/mol. The number of benzene rings is 2. The Kier molecular flexibility index (Phi) is 6.14. The van der Waals surface area contributed by atoms with Crippen molar-refractivity contribution >= 4 is 45.3 Å². The summed E-state index contributed by atoms with van der Waals surface area (Å²) in [6, 6.07) is 15.0. The van der Waals surface area contributed by atoms with Gasteiger partial charge in [-0.05, 0) is 25.1 Å². The zero-order chi connectivity index (χ0) is 24.4. The minimum Gasteiger partial charge on any atom is -0.588 e. The number of hydrogen-bond donors (Lipinski definition) is 4. The van der Waals surface area contributed by atoms with E-state index in [1.54, 1.807) is 6.20 Å². The summed E-state index contributed by atoms with van der Waals surface area (Å²) in [5.41, 5.74) is 4.39. The summed E-state index contributed by atoms with van der Waals surface area (Å²) in [6.07, 6.45) is 3.14. The second kappa shape index (κ2) is 9.54. The standard InChI is InChI=1S/C26H21N5O3S/c1-16-8-9-18-6-4-12-27-22(18)25(16)35(34)31-20-7-3-2-5-17(20)10-11-19-15-30-24(26(32)33)23-21(19)28-13-14-29-23/h2-9,12,15,28-29,31H,13-14H2,1H3,(H,32,33). The molecule has 9 heteroatoms. The number of rotatable bonds is 4. The van der Waals surface area contributed by atoms with Crippen molar-refractivity contribution in [2.45, 2.75) is 11.8 Å². The molecule has 0 bridgehead atoms. The Labute approximate surface area is 205 Å². The van der Waals surface area contributed by atoms with Gasteiger partial charge in [-0.2, -0.15) is 0 Å². The maximum atomic E-state index is 13.4. The molecule has 0 radical (unpaired) electrons. The molecule has 3 heterocycles. The maximum Gasteiger partial charge on any atom is 0.356 e. The molecule has 4 aromatic rings. The second-order valence-corrected chi connectivity index (χ2v) is 9.03. The van der Waals surface area contributed by atoms with E-state index < -0.39 is 17.3 Å². The fourth-order valence-electron chi connectivity index (χ4n) is 3.92. The van der Waals surface area contributed by atoms with E-state index in [0.717, 1.165) is 10.9 Å². The van der Waals surface area contributed by atoms with Crippen LogP contribution in [0, 0.1) is 18.8 Å². The van der Waals surface area contributed by atoms with Crippen LogP contribution < -0.4 is 15.4 Å². The highest BCUT2D eigenvalue weighted by Crippen LogP contribution is 2.31. The van der Waals surface area contributed by atoms with Gasteiger partial charge in [0.05, 0.1) is 28.2 Å². The molecular formula is C26H21N5O3S. The molecule has 8 nitrogen and oxygen atoms in total. The van der Waals surface area contributed by atoms with Crippen molar-refractivity contribution in [2.75, 3.05) is 28.4 Å². The Balaban J connectivity index is 1.49. The van der Waals surface area contributed by atoms with Crippen molar-refractivity contribution in [2.24, 2.45) is 0 Å². The van der Waals surface area contributed by atoms with Gasteiger partial charge in [0.15, 0.2) is 5.69 Å². The van der Waals surface area contributed by atoms with Crippen molar-refractivity contribution in [1.82, 2.24) is 9.97 Å². The molecule has 1 atom stereocenters. The number of para-hydroxylation sites is 1. The Morgan fingerprint density at radius 1 is 1.03 bits per heavy atom. The Morgan fingerprint density at radius 3 is 2.63 bits per heavy atom. The van der Waals surface area contributed by atoms with E-state index in [1.807, 2.05) is 55.5 Å². The van der Waals surface area contributed by atoms with E-state index in [-0.39, 0.29) is 5.69 Å². The fraction of sp³-hybridized carbons (Fsp3) is 0.115. The number of pyridine rings is 2. The highest BCUT2D eigenvalue weighted by atomic mass is 32.2. The summed E-state index contributed by atoms with van der Waals surface area (Å²) in [6.45, 7) is 3.14. The number of fused-ring (bicyclic) bond motifs is 2. The van der Waals surface area contributed by atoms with Crippen LogP contribution in [0.5, 0.6) is 0 Å². The van der Waals surface area contributed by atoms with Crippen LogP contribution in [0.25, 0.3) is 10.9 Å². The monoisotopic (exact) mass is 483 g/mol. The molecule has 0 saturated heterocycles. The SMILES string of the molecule is Cc1ccc2cccnc2c1[S+]([O-])Nc1ccccc1C#Cc1cnc(C(=O)O)c2c1NCCN2. The molecule has 1 unspecified atom stereocenters. The molecule has 35 heavy (non-hydrogen) atoms. The van der Waals surface area contributed by atoms with Gasteiger partial charge in [0.25, 0.3) is 0 Å². The zero-order valence-corrected chi connectivity index (χ0v) is 19.6. The predicted octanol–water partition coefficient (Wildman–Crippen LogP) is 4.01. The minimum absolute atomic E-state index is 0.0470. The first kappa shape index (κ1) is 22.5. The average Bonchev–Trinajstić information content (AvgIpc) is 2.87. The van der Waals surface area contributed by atoms with E-state index in [1.165, 1.54) is 6.20 Å². The molecule has 0 spiro atoms. The molecule has 2 aromatic carbocycles. The van der Waals surface area contributed by atoms with E-state index in [4.69, 9.17) is 0 Å².